The normalized spacial score (nSPS) is 16.6. The van der Waals surface area contributed by atoms with E-state index < -0.39 is 26.2 Å². The van der Waals surface area contributed by atoms with Crippen LogP contribution in [0.1, 0.15) is 12.8 Å². The van der Waals surface area contributed by atoms with Crippen LogP contribution < -0.4 is 4.72 Å². The van der Waals surface area contributed by atoms with Crippen LogP contribution in [0.5, 0.6) is 0 Å². The second kappa shape index (κ2) is 4.45. The summed E-state index contributed by atoms with van der Waals surface area (Å²) in [5.74, 6) is 0. The third-order valence-electron chi connectivity index (χ3n) is 2.72. The Bertz CT molecular complexity index is 691. The fourth-order valence-electron chi connectivity index (χ4n) is 1.48. The lowest BCUT2D eigenvalue weighted by atomic mass is 10.3. The molecule has 0 atom stereocenters. The van der Waals surface area contributed by atoms with Crippen molar-refractivity contribution < 1.29 is 13.3 Å². The van der Waals surface area contributed by atoms with Gasteiger partial charge in [0.05, 0.1) is 15.9 Å². The summed E-state index contributed by atoms with van der Waals surface area (Å²) in [5.41, 5.74) is -1.57. The first-order valence-electron chi connectivity index (χ1n) is 5.19. The van der Waals surface area contributed by atoms with Gasteiger partial charge < -0.3 is 0 Å². The summed E-state index contributed by atoms with van der Waals surface area (Å²) in [5, 5.41) is 19.4. The molecule has 0 heterocycles. The first-order valence-corrected chi connectivity index (χ1v) is 7.05. The standard InChI is InChI=1S/C10H8ClN3O4S/c11-8-2-1-7(5-9(8)14(15)16)19(17,18)13-10(6-12)3-4-10/h1-2,5,13H,3-4H2. The van der Waals surface area contributed by atoms with Gasteiger partial charge in [-0.15, -0.1) is 0 Å². The number of nitro groups is 1. The molecule has 1 aliphatic rings. The maximum Gasteiger partial charge on any atom is 0.289 e. The summed E-state index contributed by atoms with van der Waals surface area (Å²) in [7, 11) is -3.98. The van der Waals surface area contributed by atoms with Gasteiger partial charge in [0.2, 0.25) is 10.0 Å². The van der Waals surface area contributed by atoms with Crippen molar-refractivity contribution in [1.82, 2.24) is 4.72 Å². The van der Waals surface area contributed by atoms with E-state index in [2.05, 4.69) is 4.72 Å². The van der Waals surface area contributed by atoms with Gasteiger partial charge in [-0.25, -0.2) is 8.42 Å². The average Bonchev–Trinajstić information content (AvgIpc) is 3.08. The number of hydrogen-bond donors (Lipinski definition) is 1. The molecular weight excluding hydrogens is 294 g/mol. The van der Waals surface area contributed by atoms with Crippen molar-refractivity contribution in [2.75, 3.05) is 0 Å². The minimum Gasteiger partial charge on any atom is -0.258 e. The molecular formula is C10H8ClN3O4S. The molecule has 1 N–H and O–H groups in total. The number of benzene rings is 1. The molecule has 1 fully saturated rings. The number of sulfonamides is 1. The van der Waals surface area contributed by atoms with Crippen LogP contribution in [0.4, 0.5) is 5.69 Å². The lowest BCUT2D eigenvalue weighted by Crippen LogP contribution is -2.35. The molecule has 1 aromatic carbocycles. The highest BCUT2D eigenvalue weighted by molar-refractivity contribution is 7.89. The Morgan fingerprint density at radius 3 is 2.58 bits per heavy atom. The number of nitro benzene ring substituents is 1. The predicted molar refractivity (Wildman–Crippen MR) is 66.0 cm³/mol. The smallest absolute Gasteiger partial charge is 0.258 e. The molecule has 0 bridgehead atoms. The van der Waals surface area contributed by atoms with Crippen LogP contribution in [0.2, 0.25) is 5.02 Å². The minimum absolute atomic E-state index is 0.148. The molecule has 0 unspecified atom stereocenters. The summed E-state index contributed by atoms with van der Waals surface area (Å²) >= 11 is 5.60. The van der Waals surface area contributed by atoms with E-state index in [0.29, 0.717) is 12.8 Å². The minimum atomic E-state index is -3.98. The maximum absolute atomic E-state index is 12.0. The summed E-state index contributed by atoms with van der Waals surface area (Å²) in [6.07, 6.45) is 0.858. The van der Waals surface area contributed by atoms with Gasteiger partial charge in [0.25, 0.3) is 5.69 Å². The van der Waals surface area contributed by atoms with Gasteiger partial charge in [0.1, 0.15) is 10.6 Å². The Kier molecular flexibility index (Phi) is 3.22. The number of nitrogens with zero attached hydrogens (tertiary/aromatic N) is 2. The lowest BCUT2D eigenvalue weighted by molar-refractivity contribution is -0.384. The van der Waals surface area contributed by atoms with Crippen molar-refractivity contribution in [2.45, 2.75) is 23.3 Å². The second-order valence-corrected chi connectivity index (χ2v) is 6.26. The zero-order valence-corrected chi connectivity index (χ0v) is 11.0. The molecule has 0 spiro atoms. The SMILES string of the molecule is N#CC1(NS(=O)(=O)c2ccc(Cl)c([N+](=O)[O-])c2)CC1. The summed E-state index contributed by atoms with van der Waals surface area (Å²) in [6.45, 7) is 0. The molecule has 100 valence electrons. The lowest BCUT2D eigenvalue weighted by Gasteiger charge is -2.10. The van der Waals surface area contributed by atoms with Crippen LogP contribution >= 0.6 is 11.6 Å². The molecule has 0 saturated heterocycles. The third kappa shape index (κ3) is 2.68. The largest absolute Gasteiger partial charge is 0.289 e. The van der Waals surface area contributed by atoms with Crippen LogP contribution in [0, 0.1) is 21.4 Å². The maximum atomic E-state index is 12.0. The van der Waals surface area contributed by atoms with Gasteiger partial charge in [0, 0.05) is 6.07 Å². The van der Waals surface area contributed by atoms with E-state index in [1.807, 2.05) is 6.07 Å². The van der Waals surface area contributed by atoms with Crippen LogP contribution in [-0.2, 0) is 10.0 Å². The fourth-order valence-corrected chi connectivity index (χ4v) is 3.06. The van der Waals surface area contributed by atoms with E-state index in [1.165, 1.54) is 0 Å². The number of nitrogens with one attached hydrogen (secondary N) is 1. The van der Waals surface area contributed by atoms with Crippen LogP contribution in [0.15, 0.2) is 23.1 Å². The van der Waals surface area contributed by atoms with Crippen molar-refractivity contribution in [2.24, 2.45) is 0 Å². The first-order chi connectivity index (χ1) is 8.80. The summed E-state index contributed by atoms with van der Waals surface area (Å²) in [6, 6.07) is 5.05. The number of rotatable bonds is 4. The van der Waals surface area contributed by atoms with Crippen LogP contribution in [0.3, 0.4) is 0 Å². The van der Waals surface area contributed by atoms with Crippen LogP contribution in [-0.4, -0.2) is 18.9 Å². The number of hydrogen-bond acceptors (Lipinski definition) is 5. The fraction of sp³-hybridized carbons (Fsp3) is 0.300. The Labute approximate surface area is 114 Å². The van der Waals surface area contributed by atoms with Gasteiger partial charge in [-0.2, -0.15) is 9.98 Å². The highest BCUT2D eigenvalue weighted by Gasteiger charge is 2.46. The zero-order chi connectivity index (χ0) is 14.3. The second-order valence-electron chi connectivity index (χ2n) is 4.17. The first kappa shape index (κ1) is 13.7. The molecule has 19 heavy (non-hydrogen) atoms. The molecule has 0 aliphatic heterocycles. The van der Waals surface area contributed by atoms with Gasteiger partial charge in [0.15, 0.2) is 0 Å². The molecule has 1 aromatic rings. The molecule has 2 rings (SSSR count). The Morgan fingerprint density at radius 2 is 2.11 bits per heavy atom. The van der Waals surface area contributed by atoms with E-state index >= 15 is 0 Å². The molecule has 9 heteroatoms. The molecule has 0 aromatic heterocycles. The molecule has 1 saturated carbocycles. The van der Waals surface area contributed by atoms with Crippen molar-refractivity contribution in [3.63, 3.8) is 0 Å². The monoisotopic (exact) mass is 301 g/mol. The van der Waals surface area contributed by atoms with Crippen molar-refractivity contribution in [3.8, 4) is 6.07 Å². The van der Waals surface area contributed by atoms with Gasteiger partial charge in [-0.05, 0) is 25.0 Å². The van der Waals surface area contributed by atoms with Gasteiger partial charge >= 0.3 is 0 Å². The van der Waals surface area contributed by atoms with Crippen molar-refractivity contribution in [3.05, 3.63) is 33.3 Å². The van der Waals surface area contributed by atoms with E-state index in [-0.39, 0.29) is 9.92 Å². The van der Waals surface area contributed by atoms with Crippen molar-refractivity contribution >= 4 is 27.3 Å². The number of nitriles is 1. The summed E-state index contributed by atoms with van der Waals surface area (Å²) in [4.78, 5) is 9.66. The van der Waals surface area contributed by atoms with Crippen molar-refractivity contribution in [1.29, 1.82) is 5.26 Å². The number of halogens is 1. The third-order valence-corrected chi connectivity index (χ3v) is 4.57. The van der Waals surface area contributed by atoms with Gasteiger partial charge in [-0.3, -0.25) is 10.1 Å². The van der Waals surface area contributed by atoms with E-state index in [1.54, 1.807) is 0 Å². The van der Waals surface area contributed by atoms with E-state index in [9.17, 15) is 18.5 Å². The predicted octanol–water partition coefficient (Wildman–Crippen LogP) is 1.58. The molecule has 0 radical (unpaired) electrons. The topological polar surface area (TPSA) is 113 Å². The zero-order valence-electron chi connectivity index (χ0n) is 9.46. The Balaban J connectivity index is 2.39. The highest BCUT2D eigenvalue weighted by atomic mass is 35.5. The quantitative estimate of drug-likeness (QED) is 0.670. The van der Waals surface area contributed by atoms with E-state index in [0.717, 1.165) is 18.2 Å². The Morgan fingerprint density at radius 1 is 1.47 bits per heavy atom. The summed E-state index contributed by atoms with van der Waals surface area (Å²) < 4.78 is 26.3. The highest BCUT2D eigenvalue weighted by Crippen LogP contribution is 2.36. The van der Waals surface area contributed by atoms with E-state index in [4.69, 9.17) is 16.9 Å². The van der Waals surface area contributed by atoms with Crippen LogP contribution in [0.25, 0.3) is 0 Å². The molecule has 0 amide bonds. The molecule has 1 aliphatic carbocycles. The Hall–Kier alpha value is -1.69. The van der Waals surface area contributed by atoms with Gasteiger partial charge in [-0.1, -0.05) is 11.6 Å². The molecule has 7 nitrogen and oxygen atoms in total. The average molecular weight is 302 g/mol.